The van der Waals surface area contributed by atoms with E-state index in [1.807, 2.05) is 12.3 Å². The number of nitrogens with zero attached hydrogens (tertiary/aromatic N) is 1. The maximum Gasteiger partial charge on any atom is 0.0688 e. The van der Waals surface area contributed by atoms with Crippen molar-refractivity contribution in [3.8, 4) is 0 Å². The van der Waals surface area contributed by atoms with Crippen LogP contribution in [0, 0.1) is 0 Å². The summed E-state index contributed by atoms with van der Waals surface area (Å²) < 4.78 is 5.21. The minimum absolute atomic E-state index is 0.318. The second-order valence-corrected chi connectivity index (χ2v) is 5.54. The number of aromatic nitrogens is 1. The summed E-state index contributed by atoms with van der Waals surface area (Å²) in [6, 6.07) is 13.1. The van der Waals surface area contributed by atoms with E-state index >= 15 is 0 Å². The molecule has 21 heavy (non-hydrogen) atoms. The molecule has 1 aromatic carbocycles. The molecule has 1 aliphatic rings. The summed E-state index contributed by atoms with van der Waals surface area (Å²) in [7, 11) is 1.75. The van der Waals surface area contributed by atoms with Crippen LogP contribution in [0.4, 0.5) is 5.69 Å². The quantitative estimate of drug-likeness (QED) is 0.906. The fourth-order valence-corrected chi connectivity index (χ4v) is 3.03. The minimum Gasteiger partial charge on any atom is -0.384 e. The monoisotopic (exact) mass is 282 g/mol. The zero-order valence-corrected chi connectivity index (χ0v) is 12.5. The highest BCUT2D eigenvalue weighted by Crippen LogP contribution is 2.31. The zero-order chi connectivity index (χ0) is 14.5. The lowest BCUT2D eigenvalue weighted by Gasteiger charge is -2.27. The Balaban J connectivity index is 1.81. The summed E-state index contributed by atoms with van der Waals surface area (Å²) in [4.78, 5) is 4.60. The molecule has 0 saturated carbocycles. The second-order valence-electron chi connectivity index (χ2n) is 5.54. The molecule has 3 nitrogen and oxygen atoms in total. The second kappa shape index (κ2) is 6.72. The van der Waals surface area contributed by atoms with Crippen molar-refractivity contribution in [3.63, 3.8) is 0 Å². The molecule has 0 aliphatic heterocycles. The molecule has 110 valence electrons. The van der Waals surface area contributed by atoms with E-state index in [0.717, 1.165) is 25.9 Å². The molecule has 0 bridgehead atoms. The van der Waals surface area contributed by atoms with Gasteiger partial charge < -0.3 is 10.1 Å². The molecule has 1 N–H and O–H groups in total. The molecular weight excluding hydrogens is 260 g/mol. The first-order valence-electron chi connectivity index (χ1n) is 7.65. The molecule has 0 radical (unpaired) electrons. The molecule has 1 unspecified atom stereocenters. The molecule has 1 aliphatic carbocycles. The molecular formula is C18H22N2O. The van der Waals surface area contributed by atoms with E-state index < -0.39 is 0 Å². The van der Waals surface area contributed by atoms with E-state index in [2.05, 4.69) is 40.6 Å². The number of hydrogen-bond donors (Lipinski definition) is 1. The summed E-state index contributed by atoms with van der Waals surface area (Å²) in [5.41, 5.74) is 5.11. The minimum atomic E-state index is 0.318. The van der Waals surface area contributed by atoms with Crippen molar-refractivity contribution in [2.45, 2.75) is 31.7 Å². The number of aryl methyl sites for hydroxylation is 1. The number of para-hydroxylation sites is 1. The average molecular weight is 282 g/mol. The number of nitrogens with one attached hydrogen (secondary N) is 1. The lowest BCUT2D eigenvalue weighted by molar-refractivity contribution is 0.202. The molecule has 0 spiro atoms. The number of pyridine rings is 1. The van der Waals surface area contributed by atoms with Crippen LogP contribution in [0.15, 0.2) is 42.6 Å². The summed E-state index contributed by atoms with van der Waals surface area (Å²) in [6.07, 6.45) is 6.34. The van der Waals surface area contributed by atoms with Crippen LogP contribution in [0.1, 0.15) is 35.7 Å². The van der Waals surface area contributed by atoms with Crippen molar-refractivity contribution in [1.29, 1.82) is 0 Å². The van der Waals surface area contributed by atoms with Crippen molar-refractivity contribution in [2.24, 2.45) is 0 Å². The Morgan fingerprint density at radius 1 is 1.24 bits per heavy atom. The van der Waals surface area contributed by atoms with Gasteiger partial charge >= 0.3 is 0 Å². The fraction of sp³-hybridized carbons (Fsp3) is 0.389. The number of benzene rings is 1. The molecule has 1 atom stereocenters. The standard InChI is InChI=1S/C18H22N2O/c1-21-13-11-14-6-2-3-9-16(14)20-17-10-4-7-15-8-5-12-19-18(15)17/h2-3,5-6,8-9,12,17,20H,4,7,10-11,13H2,1H3. The van der Waals surface area contributed by atoms with Gasteiger partial charge in [0.15, 0.2) is 0 Å². The van der Waals surface area contributed by atoms with E-state index in [9.17, 15) is 0 Å². The number of rotatable bonds is 5. The number of ether oxygens (including phenoxy) is 1. The molecule has 0 fully saturated rings. The highest BCUT2D eigenvalue weighted by molar-refractivity contribution is 5.53. The van der Waals surface area contributed by atoms with Gasteiger partial charge in [-0.15, -0.1) is 0 Å². The van der Waals surface area contributed by atoms with Gasteiger partial charge in [-0.3, -0.25) is 4.98 Å². The molecule has 3 heteroatoms. The smallest absolute Gasteiger partial charge is 0.0688 e. The molecule has 3 rings (SSSR count). The first kappa shape index (κ1) is 14.1. The van der Waals surface area contributed by atoms with Crippen molar-refractivity contribution < 1.29 is 4.74 Å². The molecule has 1 aromatic heterocycles. The van der Waals surface area contributed by atoms with Gasteiger partial charge in [0.1, 0.15) is 0 Å². The van der Waals surface area contributed by atoms with Crippen LogP contribution in [-0.4, -0.2) is 18.7 Å². The van der Waals surface area contributed by atoms with Crippen molar-refractivity contribution in [1.82, 2.24) is 4.98 Å². The third-order valence-corrected chi connectivity index (χ3v) is 4.12. The van der Waals surface area contributed by atoms with Gasteiger partial charge in [0.2, 0.25) is 0 Å². The third kappa shape index (κ3) is 3.24. The van der Waals surface area contributed by atoms with E-state index in [4.69, 9.17) is 4.74 Å². The Kier molecular flexibility index (Phi) is 4.51. The van der Waals surface area contributed by atoms with E-state index in [1.165, 1.54) is 28.9 Å². The highest BCUT2D eigenvalue weighted by atomic mass is 16.5. The first-order valence-corrected chi connectivity index (χ1v) is 7.65. The lowest BCUT2D eigenvalue weighted by Crippen LogP contribution is -2.19. The molecule has 0 saturated heterocycles. The van der Waals surface area contributed by atoms with E-state index in [-0.39, 0.29) is 0 Å². The average Bonchev–Trinajstić information content (AvgIpc) is 2.54. The van der Waals surface area contributed by atoms with Gasteiger partial charge in [0.25, 0.3) is 0 Å². The summed E-state index contributed by atoms with van der Waals surface area (Å²) >= 11 is 0. The first-order chi connectivity index (χ1) is 10.4. The van der Waals surface area contributed by atoms with E-state index in [0.29, 0.717) is 6.04 Å². The van der Waals surface area contributed by atoms with Crippen molar-refractivity contribution in [3.05, 3.63) is 59.4 Å². The van der Waals surface area contributed by atoms with Gasteiger partial charge in [0.05, 0.1) is 18.3 Å². The summed E-state index contributed by atoms with van der Waals surface area (Å²) in [6.45, 7) is 0.748. The van der Waals surface area contributed by atoms with Gasteiger partial charge in [-0.25, -0.2) is 0 Å². The van der Waals surface area contributed by atoms with Gasteiger partial charge in [-0.1, -0.05) is 24.3 Å². The largest absolute Gasteiger partial charge is 0.384 e. The maximum absolute atomic E-state index is 5.21. The number of fused-ring (bicyclic) bond motifs is 1. The van der Waals surface area contributed by atoms with Crippen LogP contribution in [0.2, 0.25) is 0 Å². The highest BCUT2D eigenvalue weighted by Gasteiger charge is 2.21. The number of hydrogen-bond acceptors (Lipinski definition) is 3. The molecule has 0 amide bonds. The Bertz CT molecular complexity index is 597. The lowest BCUT2D eigenvalue weighted by atomic mass is 9.91. The fourth-order valence-electron chi connectivity index (χ4n) is 3.03. The Hall–Kier alpha value is -1.87. The SMILES string of the molecule is COCCc1ccccc1NC1CCCc2cccnc21. The summed E-state index contributed by atoms with van der Waals surface area (Å²) in [5.74, 6) is 0. The maximum atomic E-state index is 5.21. The third-order valence-electron chi connectivity index (χ3n) is 4.12. The van der Waals surface area contributed by atoms with Gasteiger partial charge in [0, 0.05) is 19.0 Å². The van der Waals surface area contributed by atoms with Gasteiger partial charge in [-0.2, -0.15) is 0 Å². The summed E-state index contributed by atoms with van der Waals surface area (Å²) in [5, 5.41) is 3.70. The normalized spacial score (nSPS) is 17.3. The topological polar surface area (TPSA) is 34.1 Å². The molecule has 1 heterocycles. The van der Waals surface area contributed by atoms with Crippen LogP contribution in [0.25, 0.3) is 0 Å². The number of anilines is 1. The van der Waals surface area contributed by atoms with Crippen LogP contribution in [0.5, 0.6) is 0 Å². The Morgan fingerprint density at radius 2 is 2.14 bits per heavy atom. The van der Waals surface area contributed by atoms with Crippen molar-refractivity contribution in [2.75, 3.05) is 19.0 Å². The van der Waals surface area contributed by atoms with Crippen LogP contribution >= 0.6 is 0 Å². The predicted molar refractivity (Wildman–Crippen MR) is 85.6 cm³/mol. The Morgan fingerprint density at radius 3 is 3.05 bits per heavy atom. The van der Waals surface area contributed by atoms with Crippen molar-refractivity contribution >= 4 is 5.69 Å². The van der Waals surface area contributed by atoms with Crippen LogP contribution < -0.4 is 5.32 Å². The predicted octanol–water partition coefficient (Wildman–Crippen LogP) is 3.76. The van der Waals surface area contributed by atoms with Crippen LogP contribution in [0.3, 0.4) is 0 Å². The van der Waals surface area contributed by atoms with E-state index in [1.54, 1.807) is 7.11 Å². The van der Waals surface area contributed by atoms with Gasteiger partial charge in [-0.05, 0) is 48.9 Å². The Labute approximate surface area is 126 Å². The zero-order valence-electron chi connectivity index (χ0n) is 12.5. The molecule has 2 aromatic rings. The van der Waals surface area contributed by atoms with Crippen LogP contribution in [-0.2, 0) is 17.6 Å². The number of methoxy groups -OCH3 is 1.